The predicted molar refractivity (Wildman–Crippen MR) is 88.2 cm³/mol. The Labute approximate surface area is 127 Å². The Morgan fingerprint density at radius 1 is 1.10 bits per heavy atom. The molecule has 2 nitrogen and oxygen atoms in total. The number of unbranched alkanes of at least 4 members (excludes halogenated alkanes) is 1. The third-order valence-corrected chi connectivity index (χ3v) is 4.99. The van der Waals surface area contributed by atoms with Crippen molar-refractivity contribution in [2.75, 3.05) is 19.7 Å². The highest BCUT2D eigenvalue weighted by Gasteiger charge is 2.27. The van der Waals surface area contributed by atoms with Crippen LogP contribution in [0.25, 0.3) is 0 Å². The molecule has 2 atom stereocenters. The molecule has 1 aliphatic heterocycles. The van der Waals surface area contributed by atoms with Gasteiger partial charge < -0.3 is 10.1 Å². The van der Waals surface area contributed by atoms with Crippen LogP contribution >= 0.6 is 0 Å². The molecule has 0 aromatic rings. The van der Waals surface area contributed by atoms with Crippen LogP contribution in [0.15, 0.2) is 0 Å². The zero-order valence-corrected chi connectivity index (χ0v) is 14.2. The molecule has 1 saturated heterocycles. The van der Waals surface area contributed by atoms with Gasteiger partial charge in [-0.3, -0.25) is 0 Å². The fraction of sp³-hybridized carbons (Fsp3) is 1.00. The van der Waals surface area contributed by atoms with E-state index in [4.69, 9.17) is 4.74 Å². The van der Waals surface area contributed by atoms with Crippen LogP contribution < -0.4 is 5.32 Å². The van der Waals surface area contributed by atoms with Gasteiger partial charge in [0.05, 0.1) is 6.10 Å². The van der Waals surface area contributed by atoms with Crippen molar-refractivity contribution in [3.63, 3.8) is 0 Å². The molecule has 2 unspecified atom stereocenters. The molecule has 1 heterocycles. The van der Waals surface area contributed by atoms with Crippen molar-refractivity contribution in [3.05, 3.63) is 0 Å². The van der Waals surface area contributed by atoms with Gasteiger partial charge in [-0.15, -0.1) is 0 Å². The second-order valence-corrected chi connectivity index (χ2v) is 6.66. The third-order valence-electron chi connectivity index (χ3n) is 4.99. The highest BCUT2D eigenvalue weighted by Crippen LogP contribution is 2.35. The second-order valence-electron chi connectivity index (χ2n) is 6.66. The summed E-state index contributed by atoms with van der Waals surface area (Å²) in [6.07, 6.45) is 13.8. The van der Waals surface area contributed by atoms with E-state index in [2.05, 4.69) is 26.1 Å². The summed E-state index contributed by atoms with van der Waals surface area (Å²) in [6.45, 7) is 10.3. The van der Waals surface area contributed by atoms with E-state index in [1.165, 1.54) is 77.3 Å². The zero-order valence-electron chi connectivity index (χ0n) is 14.2. The number of nitrogens with one attached hydrogen (secondary N) is 1. The first-order chi connectivity index (χ1) is 9.76. The lowest BCUT2D eigenvalue weighted by Gasteiger charge is -2.34. The minimum absolute atomic E-state index is 0.532. The summed E-state index contributed by atoms with van der Waals surface area (Å²) in [5.74, 6) is 0. The topological polar surface area (TPSA) is 21.3 Å². The van der Waals surface area contributed by atoms with Crippen LogP contribution in [0.2, 0.25) is 0 Å². The molecule has 0 radical (unpaired) electrons. The Morgan fingerprint density at radius 3 is 2.50 bits per heavy atom. The van der Waals surface area contributed by atoms with Crippen molar-refractivity contribution in [2.45, 2.75) is 91.1 Å². The van der Waals surface area contributed by atoms with E-state index >= 15 is 0 Å². The summed E-state index contributed by atoms with van der Waals surface area (Å²) in [6, 6.07) is 0. The van der Waals surface area contributed by atoms with E-state index in [1.807, 2.05) is 0 Å². The summed E-state index contributed by atoms with van der Waals surface area (Å²) in [7, 11) is 0. The van der Waals surface area contributed by atoms with Gasteiger partial charge in [0, 0.05) is 13.2 Å². The Morgan fingerprint density at radius 2 is 1.90 bits per heavy atom. The number of hydrogen-bond donors (Lipinski definition) is 1. The van der Waals surface area contributed by atoms with Gasteiger partial charge in [0.15, 0.2) is 0 Å². The van der Waals surface area contributed by atoms with E-state index < -0.39 is 0 Å². The SMILES string of the molecule is CCCCC(CC)(CCCC1CCCO1)CNCCC. The number of hydrogen-bond acceptors (Lipinski definition) is 2. The lowest BCUT2D eigenvalue weighted by atomic mass is 9.75. The molecule has 0 aromatic heterocycles. The maximum atomic E-state index is 5.77. The van der Waals surface area contributed by atoms with Gasteiger partial charge in [-0.25, -0.2) is 0 Å². The van der Waals surface area contributed by atoms with Crippen LogP contribution in [-0.4, -0.2) is 25.8 Å². The van der Waals surface area contributed by atoms with E-state index in [-0.39, 0.29) is 0 Å². The Bertz CT molecular complexity index is 225. The molecule has 1 rings (SSSR count). The van der Waals surface area contributed by atoms with Gasteiger partial charge in [0.1, 0.15) is 0 Å². The molecule has 1 fully saturated rings. The van der Waals surface area contributed by atoms with E-state index in [0.29, 0.717) is 11.5 Å². The van der Waals surface area contributed by atoms with Crippen LogP contribution in [0.5, 0.6) is 0 Å². The van der Waals surface area contributed by atoms with Gasteiger partial charge in [-0.2, -0.15) is 0 Å². The molecule has 0 saturated carbocycles. The number of ether oxygens (including phenoxy) is 1. The van der Waals surface area contributed by atoms with Crippen molar-refractivity contribution in [2.24, 2.45) is 5.41 Å². The van der Waals surface area contributed by atoms with Crippen molar-refractivity contribution in [3.8, 4) is 0 Å². The Balaban J connectivity index is 2.36. The summed E-state index contributed by atoms with van der Waals surface area (Å²) >= 11 is 0. The molecule has 0 aromatic carbocycles. The van der Waals surface area contributed by atoms with Crippen LogP contribution in [0.3, 0.4) is 0 Å². The average molecular weight is 284 g/mol. The Hall–Kier alpha value is -0.0800. The fourth-order valence-corrected chi connectivity index (χ4v) is 3.44. The minimum Gasteiger partial charge on any atom is -0.378 e. The van der Waals surface area contributed by atoms with Crippen molar-refractivity contribution in [1.82, 2.24) is 5.32 Å². The fourth-order valence-electron chi connectivity index (χ4n) is 3.44. The van der Waals surface area contributed by atoms with E-state index in [9.17, 15) is 0 Å². The molecule has 1 aliphatic rings. The molecule has 120 valence electrons. The van der Waals surface area contributed by atoms with Gasteiger partial charge in [-0.05, 0) is 56.9 Å². The van der Waals surface area contributed by atoms with Crippen LogP contribution in [0.4, 0.5) is 0 Å². The predicted octanol–water partition coefficient (Wildman–Crippen LogP) is 4.92. The normalized spacial score (nSPS) is 22.1. The van der Waals surface area contributed by atoms with E-state index in [0.717, 1.165) is 6.61 Å². The van der Waals surface area contributed by atoms with Crippen molar-refractivity contribution >= 4 is 0 Å². The van der Waals surface area contributed by atoms with Crippen LogP contribution in [-0.2, 0) is 4.74 Å². The zero-order chi connectivity index (χ0) is 14.7. The molecule has 0 bridgehead atoms. The first-order valence-electron chi connectivity index (χ1n) is 9.08. The van der Waals surface area contributed by atoms with Crippen molar-refractivity contribution in [1.29, 1.82) is 0 Å². The lowest BCUT2D eigenvalue weighted by Crippen LogP contribution is -2.34. The second kappa shape index (κ2) is 10.6. The standard InChI is InChI=1S/C18H37NO/c1-4-7-12-18(6-3,16-19-14-5-2)13-8-10-17-11-9-15-20-17/h17,19H,4-16H2,1-3H3. The molecular weight excluding hydrogens is 246 g/mol. The molecule has 2 heteroatoms. The third kappa shape index (κ3) is 6.58. The maximum Gasteiger partial charge on any atom is 0.0576 e. The molecule has 1 N–H and O–H groups in total. The Kier molecular flexibility index (Phi) is 9.54. The van der Waals surface area contributed by atoms with E-state index in [1.54, 1.807) is 0 Å². The molecular formula is C18H37NO. The highest BCUT2D eigenvalue weighted by atomic mass is 16.5. The summed E-state index contributed by atoms with van der Waals surface area (Å²) in [5, 5.41) is 3.68. The summed E-state index contributed by atoms with van der Waals surface area (Å²) in [4.78, 5) is 0. The maximum absolute atomic E-state index is 5.77. The van der Waals surface area contributed by atoms with Gasteiger partial charge in [-0.1, -0.05) is 40.0 Å². The average Bonchev–Trinajstić information content (AvgIpc) is 2.98. The van der Waals surface area contributed by atoms with Crippen molar-refractivity contribution < 1.29 is 4.74 Å². The first-order valence-corrected chi connectivity index (χ1v) is 9.08. The van der Waals surface area contributed by atoms with Crippen LogP contribution in [0.1, 0.15) is 85.0 Å². The summed E-state index contributed by atoms with van der Waals surface area (Å²) in [5.41, 5.74) is 0.532. The van der Waals surface area contributed by atoms with Gasteiger partial charge in [0.2, 0.25) is 0 Å². The quantitative estimate of drug-likeness (QED) is 0.513. The van der Waals surface area contributed by atoms with Crippen LogP contribution in [0, 0.1) is 5.41 Å². The molecule has 0 spiro atoms. The smallest absolute Gasteiger partial charge is 0.0576 e. The van der Waals surface area contributed by atoms with Gasteiger partial charge >= 0.3 is 0 Å². The largest absolute Gasteiger partial charge is 0.378 e. The minimum atomic E-state index is 0.532. The molecule has 0 aliphatic carbocycles. The number of rotatable bonds is 12. The lowest BCUT2D eigenvalue weighted by molar-refractivity contribution is 0.0954. The molecule has 0 amide bonds. The first kappa shape index (κ1) is 18.0. The highest BCUT2D eigenvalue weighted by molar-refractivity contribution is 4.81. The monoisotopic (exact) mass is 283 g/mol. The van der Waals surface area contributed by atoms with Gasteiger partial charge in [0.25, 0.3) is 0 Å². The molecule has 20 heavy (non-hydrogen) atoms. The summed E-state index contributed by atoms with van der Waals surface area (Å²) < 4.78 is 5.77.